The van der Waals surface area contributed by atoms with Gasteiger partial charge in [0.25, 0.3) is 0 Å². The SMILES string of the molecule is COC(=O)N1CCN(c2ccnc3ccnn23)CC1. The van der Waals surface area contributed by atoms with E-state index in [0.717, 1.165) is 24.6 Å². The molecule has 7 heteroatoms. The van der Waals surface area contributed by atoms with Gasteiger partial charge in [-0.15, -0.1) is 0 Å². The molecular weight excluding hydrogens is 246 g/mol. The number of anilines is 1. The van der Waals surface area contributed by atoms with Gasteiger partial charge in [-0.1, -0.05) is 0 Å². The Labute approximate surface area is 110 Å². The molecule has 0 saturated carbocycles. The number of hydrogen-bond donors (Lipinski definition) is 0. The van der Waals surface area contributed by atoms with E-state index >= 15 is 0 Å². The van der Waals surface area contributed by atoms with Gasteiger partial charge in [0.15, 0.2) is 5.65 Å². The number of carbonyl (C=O) groups excluding carboxylic acids is 1. The first kappa shape index (κ1) is 11.8. The van der Waals surface area contributed by atoms with Crippen LogP contribution in [0.4, 0.5) is 10.6 Å². The van der Waals surface area contributed by atoms with Crippen LogP contribution in [0.1, 0.15) is 0 Å². The highest BCUT2D eigenvalue weighted by Crippen LogP contribution is 2.16. The lowest BCUT2D eigenvalue weighted by Gasteiger charge is -2.34. The number of amides is 1. The summed E-state index contributed by atoms with van der Waals surface area (Å²) in [4.78, 5) is 19.6. The lowest BCUT2D eigenvalue weighted by molar-refractivity contribution is 0.121. The molecular formula is C12H15N5O2. The predicted octanol–water partition coefficient (Wildman–Crippen LogP) is 0.618. The molecule has 100 valence electrons. The Morgan fingerprint density at radius 2 is 2.00 bits per heavy atom. The van der Waals surface area contributed by atoms with Crippen molar-refractivity contribution in [1.29, 1.82) is 0 Å². The van der Waals surface area contributed by atoms with E-state index in [2.05, 4.69) is 15.0 Å². The molecule has 7 nitrogen and oxygen atoms in total. The van der Waals surface area contributed by atoms with Gasteiger partial charge in [0.05, 0.1) is 13.3 Å². The first-order valence-electron chi connectivity index (χ1n) is 6.16. The lowest BCUT2D eigenvalue weighted by atomic mass is 10.3. The standard InChI is InChI=1S/C12H15N5O2/c1-19-12(18)16-8-6-15(7-9-16)11-3-4-13-10-2-5-14-17(10)11/h2-5H,6-9H2,1H3. The smallest absolute Gasteiger partial charge is 0.409 e. The Bertz CT molecular complexity index is 589. The summed E-state index contributed by atoms with van der Waals surface area (Å²) >= 11 is 0. The molecule has 2 aromatic rings. The highest BCUT2D eigenvalue weighted by molar-refractivity contribution is 5.67. The fourth-order valence-electron chi connectivity index (χ4n) is 2.31. The molecule has 19 heavy (non-hydrogen) atoms. The molecule has 1 saturated heterocycles. The minimum absolute atomic E-state index is 0.265. The normalized spacial score (nSPS) is 15.8. The van der Waals surface area contributed by atoms with Crippen LogP contribution in [0.15, 0.2) is 24.5 Å². The van der Waals surface area contributed by atoms with Crippen LogP contribution in [0.2, 0.25) is 0 Å². The van der Waals surface area contributed by atoms with E-state index in [1.165, 1.54) is 7.11 Å². The summed E-state index contributed by atoms with van der Waals surface area (Å²) in [5, 5.41) is 4.27. The summed E-state index contributed by atoms with van der Waals surface area (Å²) in [7, 11) is 1.41. The third-order valence-electron chi connectivity index (χ3n) is 3.31. The second-order valence-corrected chi connectivity index (χ2v) is 4.35. The number of piperazine rings is 1. The lowest BCUT2D eigenvalue weighted by Crippen LogP contribution is -2.49. The van der Waals surface area contributed by atoms with Crippen LogP contribution < -0.4 is 4.90 Å². The van der Waals surface area contributed by atoms with Gasteiger partial charge in [-0.25, -0.2) is 9.78 Å². The van der Waals surface area contributed by atoms with Crippen molar-refractivity contribution < 1.29 is 9.53 Å². The second-order valence-electron chi connectivity index (χ2n) is 4.35. The summed E-state index contributed by atoms with van der Waals surface area (Å²) in [6.07, 6.45) is 3.24. The average molecular weight is 261 g/mol. The molecule has 1 aliphatic rings. The zero-order valence-electron chi connectivity index (χ0n) is 10.7. The van der Waals surface area contributed by atoms with Gasteiger partial charge in [-0.2, -0.15) is 9.61 Å². The zero-order chi connectivity index (χ0) is 13.2. The maximum absolute atomic E-state index is 11.4. The highest BCUT2D eigenvalue weighted by atomic mass is 16.5. The molecule has 0 bridgehead atoms. The predicted molar refractivity (Wildman–Crippen MR) is 69.2 cm³/mol. The zero-order valence-corrected chi connectivity index (χ0v) is 10.7. The quantitative estimate of drug-likeness (QED) is 0.753. The monoisotopic (exact) mass is 261 g/mol. The van der Waals surface area contributed by atoms with Crippen molar-refractivity contribution in [3.05, 3.63) is 24.5 Å². The van der Waals surface area contributed by atoms with E-state index < -0.39 is 0 Å². The molecule has 0 radical (unpaired) electrons. The Morgan fingerprint density at radius 3 is 2.74 bits per heavy atom. The average Bonchev–Trinajstić information content (AvgIpc) is 2.95. The van der Waals surface area contributed by atoms with E-state index in [0.29, 0.717) is 13.1 Å². The molecule has 3 heterocycles. The number of nitrogens with zero attached hydrogens (tertiary/aromatic N) is 5. The fourth-order valence-corrected chi connectivity index (χ4v) is 2.31. The summed E-state index contributed by atoms with van der Waals surface area (Å²) in [6.45, 7) is 2.82. The number of carbonyl (C=O) groups is 1. The molecule has 0 N–H and O–H groups in total. The van der Waals surface area contributed by atoms with Gasteiger partial charge in [0.1, 0.15) is 5.82 Å². The molecule has 0 spiro atoms. The summed E-state index contributed by atoms with van der Waals surface area (Å²) < 4.78 is 6.54. The minimum atomic E-state index is -0.265. The molecule has 0 aliphatic carbocycles. The Balaban J connectivity index is 1.78. The van der Waals surface area contributed by atoms with Crippen molar-refractivity contribution >= 4 is 17.6 Å². The van der Waals surface area contributed by atoms with Crippen LogP contribution in [-0.2, 0) is 4.74 Å². The number of methoxy groups -OCH3 is 1. The molecule has 0 aromatic carbocycles. The summed E-state index contributed by atoms with van der Waals surface area (Å²) in [6, 6.07) is 3.81. The number of aromatic nitrogens is 3. The van der Waals surface area contributed by atoms with Crippen LogP contribution in [0.5, 0.6) is 0 Å². The maximum Gasteiger partial charge on any atom is 0.409 e. The van der Waals surface area contributed by atoms with Gasteiger partial charge >= 0.3 is 6.09 Å². The third-order valence-corrected chi connectivity index (χ3v) is 3.31. The molecule has 1 amide bonds. The molecule has 0 unspecified atom stereocenters. The topological polar surface area (TPSA) is 63.0 Å². The van der Waals surface area contributed by atoms with Gasteiger partial charge in [0, 0.05) is 38.4 Å². The summed E-state index contributed by atoms with van der Waals surface area (Å²) in [5.41, 5.74) is 0.827. The third kappa shape index (κ3) is 2.07. The number of fused-ring (bicyclic) bond motifs is 1. The molecule has 3 rings (SSSR count). The summed E-state index contributed by atoms with van der Waals surface area (Å²) in [5.74, 6) is 1.000. The van der Waals surface area contributed by atoms with Gasteiger partial charge < -0.3 is 14.5 Å². The first-order valence-corrected chi connectivity index (χ1v) is 6.16. The Hall–Kier alpha value is -2.31. The molecule has 2 aromatic heterocycles. The van der Waals surface area contributed by atoms with Crippen LogP contribution >= 0.6 is 0 Å². The Kier molecular flexibility index (Phi) is 2.94. The van der Waals surface area contributed by atoms with Crippen molar-refractivity contribution in [2.45, 2.75) is 0 Å². The van der Waals surface area contributed by atoms with E-state index in [1.807, 2.05) is 16.6 Å². The van der Waals surface area contributed by atoms with Crippen LogP contribution in [-0.4, -0.2) is 58.9 Å². The minimum Gasteiger partial charge on any atom is -0.453 e. The van der Waals surface area contributed by atoms with Gasteiger partial charge in [0.2, 0.25) is 0 Å². The van der Waals surface area contributed by atoms with Gasteiger partial charge in [-0.05, 0) is 6.07 Å². The molecule has 1 aliphatic heterocycles. The van der Waals surface area contributed by atoms with Crippen molar-refractivity contribution in [3.8, 4) is 0 Å². The number of ether oxygens (including phenoxy) is 1. The number of rotatable bonds is 1. The van der Waals surface area contributed by atoms with Crippen molar-refractivity contribution in [2.75, 3.05) is 38.2 Å². The molecule has 0 atom stereocenters. The maximum atomic E-state index is 11.4. The van der Waals surface area contributed by atoms with E-state index in [4.69, 9.17) is 4.74 Å². The van der Waals surface area contributed by atoms with Gasteiger partial charge in [-0.3, -0.25) is 0 Å². The van der Waals surface area contributed by atoms with Crippen LogP contribution in [0.25, 0.3) is 5.65 Å². The number of hydrogen-bond acceptors (Lipinski definition) is 5. The first-order chi connectivity index (χ1) is 9.29. The van der Waals surface area contributed by atoms with Crippen molar-refractivity contribution in [3.63, 3.8) is 0 Å². The fraction of sp³-hybridized carbons (Fsp3) is 0.417. The van der Waals surface area contributed by atoms with E-state index in [9.17, 15) is 4.79 Å². The van der Waals surface area contributed by atoms with Crippen LogP contribution in [0.3, 0.4) is 0 Å². The Morgan fingerprint density at radius 1 is 1.21 bits per heavy atom. The van der Waals surface area contributed by atoms with Crippen molar-refractivity contribution in [2.24, 2.45) is 0 Å². The second kappa shape index (κ2) is 4.75. The van der Waals surface area contributed by atoms with Crippen molar-refractivity contribution in [1.82, 2.24) is 19.5 Å². The van der Waals surface area contributed by atoms with Crippen LogP contribution in [0, 0.1) is 0 Å². The van der Waals surface area contributed by atoms with E-state index in [-0.39, 0.29) is 6.09 Å². The van der Waals surface area contributed by atoms with E-state index in [1.54, 1.807) is 17.3 Å². The largest absolute Gasteiger partial charge is 0.453 e. The molecule has 1 fully saturated rings. The highest BCUT2D eigenvalue weighted by Gasteiger charge is 2.22.